The van der Waals surface area contributed by atoms with Crippen LogP contribution in [-0.2, 0) is 0 Å². The summed E-state index contributed by atoms with van der Waals surface area (Å²) < 4.78 is 0.609. The van der Waals surface area contributed by atoms with Crippen molar-refractivity contribution >= 4 is 56.7 Å². The van der Waals surface area contributed by atoms with Gasteiger partial charge in [-0.1, -0.05) is 23.2 Å². The molecule has 0 radical (unpaired) electrons. The zero-order valence-electron chi connectivity index (χ0n) is 7.92. The molecule has 0 aromatic heterocycles. The first kappa shape index (κ1) is 13.1. The molecule has 5 nitrogen and oxygen atoms in total. The van der Waals surface area contributed by atoms with Crippen LogP contribution in [0.25, 0.3) is 0 Å². The molecule has 1 aromatic carbocycles. The van der Waals surface area contributed by atoms with E-state index in [1.54, 1.807) is 12.1 Å². The molecule has 86 valence electrons. The Kier molecular flexibility index (Phi) is 4.40. The minimum atomic E-state index is -0.182. The summed E-state index contributed by atoms with van der Waals surface area (Å²) >= 11 is 15.0. The number of benzene rings is 1. The molecular weight excluding hydrogens is 317 g/mol. The number of nitrogens with zero attached hydrogens (tertiary/aromatic N) is 2. The Balaban J connectivity index is 3.20. The van der Waals surface area contributed by atoms with Gasteiger partial charge >= 0.3 is 0 Å². The van der Waals surface area contributed by atoms with E-state index in [2.05, 4.69) is 25.9 Å². The van der Waals surface area contributed by atoms with Gasteiger partial charge in [0.25, 0.3) is 0 Å². The van der Waals surface area contributed by atoms with Crippen molar-refractivity contribution in [2.45, 2.75) is 0 Å². The van der Waals surface area contributed by atoms with Crippen molar-refractivity contribution in [3.05, 3.63) is 26.7 Å². The summed E-state index contributed by atoms with van der Waals surface area (Å²) in [6.07, 6.45) is 0. The van der Waals surface area contributed by atoms with Crippen LogP contribution in [-0.4, -0.2) is 11.9 Å². The van der Waals surface area contributed by atoms with E-state index in [9.17, 15) is 0 Å². The van der Waals surface area contributed by atoms with Gasteiger partial charge in [-0.05, 0) is 28.1 Å². The van der Waals surface area contributed by atoms with Crippen molar-refractivity contribution in [2.75, 3.05) is 0 Å². The van der Waals surface area contributed by atoms with Crippen LogP contribution in [0.3, 0.4) is 0 Å². The van der Waals surface area contributed by atoms with Gasteiger partial charge in [0.15, 0.2) is 5.96 Å². The number of halogens is 3. The summed E-state index contributed by atoms with van der Waals surface area (Å²) in [5, 5.41) is 0.839. The number of aliphatic imine (C=N–C) groups is 2. The summed E-state index contributed by atoms with van der Waals surface area (Å²) in [5.41, 5.74) is 16.1. The third-order valence-electron chi connectivity index (χ3n) is 1.45. The lowest BCUT2D eigenvalue weighted by Crippen LogP contribution is -2.26. The third-order valence-corrected chi connectivity index (χ3v) is 2.92. The first-order chi connectivity index (χ1) is 7.40. The average Bonchev–Trinajstić information content (AvgIpc) is 2.11. The van der Waals surface area contributed by atoms with Gasteiger partial charge in [0, 0.05) is 9.50 Å². The maximum atomic E-state index is 5.97. The highest BCUT2D eigenvalue weighted by atomic mass is 79.9. The van der Waals surface area contributed by atoms with Crippen LogP contribution >= 0.6 is 39.1 Å². The molecule has 0 saturated carbocycles. The molecule has 0 spiro atoms. The van der Waals surface area contributed by atoms with Crippen molar-refractivity contribution < 1.29 is 0 Å². The fourth-order valence-corrected chi connectivity index (χ4v) is 1.85. The Labute approximate surface area is 110 Å². The Hall–Kier alpha value is -0.980. The second-order valence-electron chi connectivity index (χ2n) is 2.73. The van der Waals surface area contributed by atoms with E-state index >= 15 is 0 Å². The quantitative estimate of drug-likeness (QED) is 0.418. The molecule has 0 atom stereocenters. The molecule has 0 saturated heterocycles. The van der Waals surface area contributed by atoms with Crippen LogP contribution in [0.15, 0.2) is 26.6 Å². The highest BCUT2D eigenvalue weighted by Gasteiger charge is 2.06. The molecule has 0 bridgehead atoms. The lowest BCUT2D eigenvalue weighted by atomic mass is 10.3. The molecule has 0 heterocycles. The SMILES string of the molecule is NC(N)=NC(N)=Nc1cc(Cl)cc(Br)c1Cl. The molecule has 8 heteroatoms. The predicted molar refractivity (Wildman–Crippen MR) is 71.3 cm³/mol. The highest BCUT2D eigenvalue weighted by molar-refractivity contribution is 9.10. The fourth-order valence-electron chi connectivity index (χ4n) is 0.904. The highest BCUT2D eigenvalue weighted by Crippen LogP contribution is 2.35. The summed E-state index contributed by atoms with van der Waals surface area (Å²) in [4.78, 5) is 7.48. The molecule has 1 aromatic rings. The number of rotatable bonds is 1. The van der Waals surface area contributed by atoms with E-state index in [-0.39, 0.29) is 11.9 Å². The van der Waals surface area contributed by atoms with Gasteiger partial charge in [-0.2, -0.15) is 4.99 Å². The Morgan fingerprint density at radius 1 is 1.19 bits per heavy atom. The van der Waals surface area contributed by atoms with Crippen LogP contribution in [0, 0.1) is 0 Å². The Morgan fingerprint density at radius 3 is 2.38 bits per heavy atom. The van der Waals surface area contributed by atoms with Gasteiger partial charge in [0.2, 0.25) is 5.96 Å². The van der Waals surface area contributed by atoms with Gasteiger partial charge in [-0.15, -0.1) is 0 Å². The van der Waals surface area contributed by atoms with E-state index in [1.165, 1.54) is 0 Å². The Bertz CT molecular complexity index is 468. The van der Waals surface area contributed by atoms with Crippen molar-refractivity contribution in [3.8, 4) is 0 Å². The molecule has 0 amide bonds. The number of hydrogen-bond donors (Lipinski definition) is 3. The molecule has 0 aliphatic carbocycles. The van der Waals surface area contributed by atoms with Gasteiger partial charge in [-0.25, -0.2) is 4.99 Å². The third kappa shape index (κ3) is 3.55. The average molecular weight is 325 g/mol. The predicted octanol–water partition coefficient (Wildman–Crippen LogP) is 1.98. The van der Waals surface area contributed by atoms with Crippen molar-refractivity contribution in [3.63, 3.8) is 0 Å². The Morgan fingerprint density at radius 2 is 1.81 bits per heavy atom. The van der Waals surface area contributed by atoms with Gasteiger partial charge in [0.1, 0.15) is 0 Å². The van der Waals surface area contributed by atoms with E-state index in [0.29, 0.717) is 20.2 Å². The van der Waals surface area contributed by atoms with Crippen LogP contribution in [0.1, 0.15) is 0 Å². The molecule has 0 unspecified atom stereocenters. The number of nitrogens with two attached hydrogens (primary N) is 3. The molecular formula is C8H8BrCl2N5. The lowest BCUT2D eigenvalue weighted by molar-refractivity contribution is 1.38. The fraction of sp³-hybridized carbons (Fsp3) is 0. The zero-order chi connectivity index (χ0) is 12.3. The van der Waals surface area contributed by atoms with Crippen LogP contribution < -0.4 is 17.2 Å². The normalized spacial score (nSPS) is 11.3. The minimum Gasteiger partial charge on any atom is -0.370 e. The molecule has 1 rings (SSSR count). The molecule has 16 heavy (non-hydrogen) atoms. The van der Waals surface area contributed by atoms with Gasteiger partial charge < -0.3 is 17.2 Å². The second kappa shape index (κ2) is 5.38. The van der Waals surface area contributed by atoms with Crippen molar-refractivity contribution in [1.29, 1.82) is 0 Å². The molecule has 6 N–H and O–H groups in total. The molecule has 0 aliphatic heterocycles. The summed E-state index contributed by atoms with van der Waals surface area (Å²) in [6, 6.07) is 3.18. The minimum absolute atomic E-state index is 0.101. The maximum Gasteiger partial charge on any atom is 0.223 e. The van der Waals surface area contributed by atoms with Crippen LogP contribution in [0.4, 0.5) is 5.69 Å². The first-order valence-corrected chi connectivity index (χ1v) is 5.53. The topological polar surface area (TPSA) is 103 Å². The summed E-state index contributed by atoms with van der Waals surface area (Å²) in [6.45, 7) is 0. The van der Waals surface area contributed by atoms with E-state index in [4.69, 9.17) is 40.4 Å². The monoisotopic (exact) mass is 323 g/mol. The molecule has 0 aliphatic rings. The number of guanidine groups is 2. The zero-order valence-corrected chi connectivity index (χ0v) is 11.0. The maximum absolute atomic E-state index is 5.97. The molecule has 0 fully saturated rings. The van der Waals surface area contributed by atoms with E-state index in [0.717, 1.165) is 0 Å². The summed E-state index contributed by atoms with van der Waals surface area (Å²) in [7, 11) is 0. The standard InChI is InChI=1S/C8H8BrCl2N5/c9-4-1-3(10)2-5(6(4)11)15-8(14)16-7(12)13/h1-2H,(H6,12,13,14,15,16). The smallest absolute Gasteiger partial charge is 0.223 e. The van der Waals surface area contributed by atoms with Gasteiger partial charge in [0.05, 0.1) is 10.7 Å². The largest absolute Gasteiger partial charge is 0.370 e. The lowest BCUT2D eigenvalue weighted by Gasteiger charge is -2.02. The van der Waals surface area contributed by atoms with Crippen molar-refractivity contribution in [1.82, 2.24) is 0 Å². The van der Waals surface area contributed by atoms with Crippen molar-refractivity contribution in [2.24, 2.45) is 27.2 Å². The van der Waals surface area contributed by atoms with E-state index in [1.807, 2.05) is 0 Å². The van der Waals surface area contributed by atoms with Crippen LogP contribution in [0.5, 0.6) is 0 Å². The second-order valence-corrected chi connectivity index (χ2v) is 4.40. The van der Waals surface area contributed by atoms with Gasteiger partial charge in [-0.3, -0.25) is 0 Å². The first-order valence-electron chi connectivity index (χ1n) is 3.98. The van der Waals surface area contributed by atoms with E-state index < -0.39 is 0 Å². The number of hydrogen-bond acceptors (Lipinski definition) is 1. The summed E-state index contributed by atoms with van der Waals surface area (Å²) in [5.74, 6) is -0.283. The van der Waals surface area contributed by atoms with Crippen LogP contribution in [0.2, 0.25) is 10.0 Å².